The molecule has 2 aromatic rings. The fourth-order valence-corrected chi connectivity index (χ4v) is 2.57. The SMILES string of the molecule is Cn1cc(CN2C(=O)CCCc3cc(N)ccc32)nn1. The summed E-state index contributed by atoms with van der Waals surface area (Å²) in [4.78, 5) is 14.1. The van der Waals surface area contributed by atoms with E-state index in [9.17, 15) is 4.79 Å². The van der Waals surface area contributed by atoms with Gasteiger partial charge < -0.3 is 10.6 Å². The summed E-state index contributed by atoms with van der Waals surface area (Å²) >= 11 is 0. The first-order valence-electron chi connectivity index (χ1n) is 6.67. The van der Waals surface area contributed by atoms with Gasteiger partial charge in [0.1, 0.15) is 5.69 Å². The Hall–Kier alpha value is -2.37. The number of carbonyl (C=O) groups excluding carboxylic acids is 1. The molecule has 0 radical (unpaired) electrons. The van der Waals surface area contributed by atoms with Crippen LogP contribution in [-0.2, 0) is 24.8 Å². The van der Waals surface area contributed by atoms with Gasteiger partial charge >= 0.3 is 0 Å². The molecule has 0 spiro atoms. The second-order valence-corrected chi connectivity index (χ2v) is 5.11. The number of aromatic nitrogens is 3. The fraction of sp³-hybridized carbons (Fsp3) is 0.357. The van der Waals surface area contributed by atoms with Crippen LogP contribution < -0.4 is 10.6 Å². The highest BCUT2D eigenvalue weighted by Crippen LogP contribution is 2.29. The average molecular weight is 271 g/mol. The fourth-order valence-electron chi connectivity index (χ4n) is 2.57. The predicted octanol–water partition coefficient (Wildman–Crippen LogP) is 1.27. The minimum Gasteiger partial charge on any atom is -0.399 e. The molecule has 0 bridgehead atoms. The Kier molecular flexibility index (Phi) is 3.14. The maximum absolute atomic E-state index is 12.3. The van der Waals surface area contributed by atoms with Gasteiger partial charge in [0.15, 0.2) is 0 Å². The van der Waals surface area contributed by atoms with Crippen LogP contribution in [-0.4, -0.2) is 20.9 Å². The van der Waals surface area contributed by atoms with Crippen LogP contribution in [0.4, 0.5) is 11.4 Å². The van der Waals surface area contributed by atoms with Crippen LogP contribution in [0.2, 0.25) is 0 Å². The van der Waals surface area contributed by atoms with Crippen LogP contribution >= 0.6 is 0 Å². The lowest BCUT2D eigenvalue weighted by Crippen LogP contribution is -2.29. The highest BCUT2D eigenvalue weighted by Gasteiger charge is 2.23. The first kappa shape index (κ1) is 12.7. The Morgan fingerprint density at radius 2 is 2.20 bits per heavy atom. The Morgan fingerprint density at radius 3 is 2.95 bits per heavy atom. The standard InChI is InChI=1S/C14H17N5O/c1-18-8-12(16-17-18)9-19-13-6-5-11(15)7-10(13)3-2-4-14(19)20/h5-8H,2-4,9,15H2,1H3. The number of hydrogen-bond donors (Lipinski definition) is 1. The summed E-state index contributed by atoms with van der Waals surface area (Å²) in [6, 6.07) is 5.71. The third-order valence-electron chi connectivity index (χ3n) is 3.50. The van der Waals surface area contributed by atoms with Crippen LogP contribution in [0.1, 0.15) is 24.1 Å². The van der Waals surface area contributed by atoms with Gasteiger partial charge in [-0.2, -0.15) is 0 Å². The van der Waals surface area contributed by atoms with Gasteiger partial charge in [-0.25, -0.2) is 0 Å². The molecule has 0 saturated heterocycles. The molecule has 6 heteroatoms. The van der Waals surface area contributed by atoms with Gasteiger partial charge in [-0.15, -0.1) is 5.10 Å². The van der Waals surface area contributed by atoms with Crippen molar-refractivity contribution in [2.45, 2.75) is 25.8 Å². The number of carbonyl (C=O) groups is 1. The summed E-state index contributed by atoms with van der Waals surface area (Å²) in [5.74, 6) is 0.124. The van der Waals surface area contributed by atoms with Crippen LogP contribution in [0.5, 0.6) is 0 Å². The third-order valence-corrected chi connectivity index (χ3v) is 3.50. The van der Waals surface area contributed by atoms with Gasteiger partial charge in [-0.05, 0) is 36.6 Å². The van der Waals surface area contributed by atoms with Crippen molar-refractivity contribution in [2.24, 2.45) is 7.05 Å². The van der Waals surface area contributed by atoms with Crippen LogP contribution in [0, 0.1) is 0 Å². The smallest absolute Gasteiger partial charge is 0.227 e. The lowest BCUT2D eigenvalue weighted by Gasteiger charge is -2.22. The summed E-state index contributed by atoms with van der Waals surface area (Å²) in [5, 5.41) is 7.97. The zero-order valence-corrected chi connectivity index (χ0v) is 11.4. The lowest BCUT2D eigenvalue weighted by molar-refractivity contribution is -0.118. The van der Waals surface area contributed by atoms with Crippen molar-refractivity contribution in [3.63, 3.8) is 0 Å². The molecule has 0 atom stereocenters. The van der Waals surface area contributed by atoms with Crippen LogP contribution in [0.25, 0.3) is 0 Å². The van der Waals surface area contributed by atoms with Gasteiger partial charge in [-0.3, -0.25) is 9.48 Å². The molecule has 2 heterocycles. The number of nitrogens with zero attached hydrogens (tertiary/aromatic N) is 4. The molecule has 0 aliphatic carbocycles. The summed E-state index contributed by atoms with van der Waals surface area (Å²) in [5.41, 5.74) is 9.42. The number of nitrogen functional groups attached to an aromatic ring is 1. The molecule has 1 aromatic heterocycles. The van der Waals surface area contributed by atoms with E-state index in [1.165, 1.54) is 0 Å². The van der Waals surface area contributed by atoms with Crippen LogP contribution in [0.15, 0.2) is 24.4 Å². The van der Waals surface area contributed by atoms with E-state index in [1.807, 2.05) is 31.4 Å². The number of nitrogens with two attached hydrogens (primary N) is 1. The monoisotopic (exact) mass is 271 g/mol. The first-order valence-corrected chi connectivity index (χ1v) is 6.67. The average Bonchev–Trinajstić information content (AvgIpc) is 2.75. The normalized spacial score (nSPS) is 15.1. The molecule has 0 unspecified atom stereocenters. The number of rotatable bonds is 2. The van der Waals surface area contributed by atoms with Gasteiger partial charge in [-0.1, -0.05) is 5.21 Å². The first-order chi connectivity index (χ1) is 9.63. The van der Waals surface area contributed by atoms with Crippen molar-refractivity contribution >= 4 is 17.3 Å². The van der Waals surface area contributed by atoms with Gasteiger partial charge in [0.05, 0.1) is 6.54 Å². The van der Waals surface area contributed by atoms with Gasteiger partial charge in [0.2, 0.25) is 5.91 Å². The largest absolute Gasteiger partial charge is 0.399 e. The number of benzene rings is 1. The van der Waals surface area contributed by atoms with E-state index < -0.39 is 0 Å². The molecule has 3 rings (SSSR count). The predicted molar refractivity (Wildman–Crippen MR) is 76.0 cm³/mol. The van der Waals surface area contributed by atoms with E-state index in [1.54, 1.807) is 9.58 Å². The summed E-state index contributed by atoms with van der Waals surface area (Å²) in [6.07, 6.45) is 4.11. The molecule has 1 amide bonds. The summed E-state index contributed by atoms with van der Waals surface area (Å²) in [6.45, 7) is 0.448. The highest BCUT2D eigenvalue weighted by atomic mass is 16.2. The molecule has 2 N–H and O–H groups in total. The number of aryl methyl sites for hydroxylation is 2. The Bertz CT molecular complexity index is 649. The quantitative estimate of drug-likeness (QED) is 0.834. The maximum atomic E-state index is 12.3. The summed E-state index contributed by atoms with van der Waals surface area (Å²) in [7, 11) is 1.81. The van der Waals surface area contributed by atoms with E-state index in [-0.39, 0.29) is 5.91 Å². The molecule has 6 nitrogen and oxygen atoms in total. The Balaban J connectivity index is 1.97. The molecular formula is C14H17N5O. The molecule has 104 valence electrons. The highest BCUT2D eigenvalue weighted by molar-refractivity contribution is 5.95. The Labute approximate surface area is 117 Å². The van der Waals surface area contributed by atoms with Crippen molar-refractivity contribution in [2.75, 3.05) is 10.6 Å². The van der Waals surface area contributed by atoms with E-state index >= 15 is 0 Å². The minimum absolute atomic E-state index is 0.124. The number of hydrogen-bond acceptors (Lipinski definition) is 4. The zero-order valence-electron chi connectivity index (χ0n) is 11.4. The summed E-state index contributed by atoms with van der Waals surface area (Å²) < 4.78 is 1.64. The van der Waals surface area contributed by atoms with Crippen molar-refractivity contribution in [1.29, 1.82) is 0 Å². The minimum atomic E-state index is 0.124. The van der Waals surface area contributed by atoms with Crippen molar-refractivity contribution in [1.82, 2.24) is 15.0 Å². The molecule has 1 aromatic carbocycles. The van der Waals surface area contributed by atoms with Crippen molar-refractivity contribution in [3.8, 4) is 0 Å². The Morgan fingerprint density at radius 1 is 1.35 bits per heavy atom. The third kappa shape index (κ3) is 2.36. The van der Waals surface area contributed by atoms with Crippen molar-refractivity contribution in [3.05, 3.63) is 35.7 Å². The maximum Gasteiger partial charge on any atom is 0.227 e. The molecule has 1 aliphatic rings. The number of anilines is 2. The second kappa shape index (κ2) is 4.96. The van der Waals surface area contributed by atoms with E-state index in [4.69, 9.17) is 5.73 Å². The number of fused-ring (bicyclic) bond motifs is 1. The van der Waals surface area contributed by atoms with E-state index in [0.717, 1.165) is 35.5 Å². The topological polar surface area (TPSA) is 77.0 Å². The van der Waals surface area contributed by atoms with Gasteiger partial charge in [0, 0.05) is 31.0 Å². The lowest BCUT2D eigenvalue weighted by atomic mass is 10.1. The number of amides is 1. The molecular weight excluding hydrogens is 254 g/mol. The van der Waals surface area contributed by atoms with E-state index in [0.29, 0.717) is 13.0 Å². The molecule has 0 fully saturated rings. The van der Waals surface area contributed by atoms with Crippen LogP contribution in [0.3, 0.4) is 0 Å². The molecule has 20 heavy (non-hydrogen) atoms. The zero-order chi connectivity index (χ0) is 14.1. The van der Waals surface area contributed by atoms with Gasteiger partial charge in [0.25, 0.3) is 0 Å². The molecule has 0 saturated carbocycles. The van der Waals surface area contributed by atoms with Crippen molar-refractivity contribution < 1.29 is 4.79 Å². The second-order valence-electron chi connectivity index (χ2n) is 5.11. The van der Waals surface area contributed by atoms with E-state index in [2.05, 4.69) is 10.3 Å². The molecule has 1 aliphatic heterocycles.